The van der Waals surface area contributed by atoms with Gasteiger partial charge in [-0.25, -0.2) is 4.79 Å². The first-order chi connectivity index (χ1) is 16.3. The van der Waals surface area contributed by atoms with Crippen LogP contribution < -0.4 is 0 Å². The van der Waals surface area contributed by atoms with Crippen molar-refractivity contribution in [3.05, 3.63) is 0 Å². The first kappa shape index (κ1) is 35.2. The summed E-state index contributed by atoms with van der Waals surface area (Å²) in [7, 11) is 32.8. The highest BCUT2D eigenvalue weighted by Crippen LogP contribution is 2.54. The van der Waals surface area contributed by atoms with Crippen molar-refractivity contribution in [2.45, 2.75) is 55.6 Å². The lowest BCUT2D eigenvalue weighted by Crippen LogP contribution is -2.96. The van der Waals surface area contributed by atoms with Crippen molar-refractivity contribution in [3.8, 4) is 0 Å². The third-order valence-corrected chi connectivity index (χ3v) is 8.31. The highest BCUT2D eigenvalue weighted by Gasteiger charge is 2.78. The summed E-state index contributed by atoms with van der Waals surface area (Å²) in [4.78, 5) is 36.2. The minimum absolute atomic E-state index is 0.277. The second-order valence-electron chi connectivity index (χ2n) is 11.8. The SMILES string of the molecule is CCCCC(C(=O)ON(C)C)(N(C)C)C(N(C)C)(N(C)C)C(N(C)C)(N(C)C)C(C)(N(C)C)N(C)C. The number of hydrogen-bond donors (Lipinski definition) is 0. The Balaban J connectivity index is 8.65. The molecule has 10 heteroatoms. The van der Waals surface area contributed by atoms with Crippen molar-refractivity contribution in [1.82, 2.24) is 39.4 Å². The van der Waals surface area contributed by atoms with Crippen LogP contribution in [0.5, 0.6) is 0 Å². The summed E-state index contributed by atoms with van der Waals surface area (Å²) in [6.07, 6.45) is 2.43. The molecule has 0 spiro atoms. The lowest BCUT2D eigenvalue weighted by atomic mass is 9.63. The Morgan fingerprint density at radius 3 is 1.17 bits per heavy atom. The molecule has 0 aromatic heterocycles. The van der Waals surface area contributed by atoms with Crippen LogP contribution >= 0.6 is 0 Å². The van der Waals surface area contributed by atoms with Gasteiger partial charge in [0.15, 0.2) is 5.54 Å². The minimum atomic E-state index is -1.08. The van der Waals surface area contributed by atoms with E-state index in [1.54, 1.807) is 14.1 Å². The standard InChI is InChI=1S/C26H60N8O2/c1-19-20-21-24(29(7)8,22(35)36-34(17)18)26(32(13)14,33(15)16)25(30(9)10,31(11)12)23(2,27(3)4)28(5)6/h19-21H2,1-18H3. The fourth-order valence-electron chi connectivity index (χ4n) is 7.09. The second-order valence-corrected chi connectivity index (χ2v) is 11.8. The van der Waals surface area contributed by atoms with Crippen LogP contribution in [-0.4, -0.2) is 181 Å². The molecule has 0 aromatic carbocycles. The first-order valence-electron chi connectivity index (χ1n) is 12.9. The number of carbonyl (C=O) groups is 1. The predicted octanol–water partition coefficient (Wildman–Crippen LogP) is 0.975. The number of hydroxylamine groups is 2. The molecule has 0 aliphatic rings. The normalized spacial score (nSPS) is 15.9. The highest BCUT2D eigenvalue weighted by atomic mass is 16.7. The van der Waals surface area contributed by atoms with Gasteiger partial charge in [-0.2, -0.15) is 0 Å². The molecular weight excluding hydrogens is 456 g/mol. The first-order valence-corrected chi connectivity index (χ1v) is 12.9. The molecule has 0 bridgehead atoms. The van der Waals surface area contributed by atoms with Gasteiger partial charge in [0, 0.05) is 14.1 Å². The summed E-state index contributed by atoms with van der Waals surface area (Å²) < 4.78 is 0. The summed E-state index contributed by atoms with van der Waals surface area (Å²) in [6.45, 7) is 4.42. The van der Waals surface area contributed by atoms with Gasteiger partial charge in [-0.3, -0.25) is 34.3 Å². The van der Waals surface area contributed by atoms with Gasteiger partial charge < -0.3 is 4.84 Å². The average molecular weight is 517 g/mol. The van der Waals surface area contributed by atoms with Crippen molar-refractivity contribution in [2.75, 3.05) is 113 Å². The van der Waals surface area contributed by atoms with Crippen LogP contribution in [-0.2, 0) is 9.63 Å². The van der Waals surface area contributed by atoms with E-state index in [0.717, 1.165) is 12.8 Å². The average Bonchev–Trinajstić information content (AvgIpc) is 2.70. The predicted molar refractivity (Wildman–Crippen MR) is 152 cm³/mol. The van der Waals surface area contributed by atoms with Crippen molar-refractivity contribution in [3.63, 3.8) is 0 Å². The quantitative estimate of drug-likeness (QED) is 0.233. The van der Waals surface area contributed by atoms with Gasteiger partial charge in [-0.05, 0) is 112 Å². The third kappa shape index (κ3) is 4.96. The van der Waals surface area contributed by atoms with Gasteiger partial charge in [0.05, 0.1) is 0 Å². The molecule has 0 radical (unpaired) electrons. The van der Waals surface area contributed by atoms with Gasteiger partial charge in [-0.1, -0.05) is 19.8 Å². The molecule has 216 valence electrons. The van der Waals surface area contributed by atoms with E-state index in [1.165, 1.54) is 5.06 Å². The van der Waals surface area contributed by atoms with E-state index in [-0.39, 0.29) is 5.97 Å². The fraction of sp³-hybridized carbons (Fsp3) is 0.962. The van der Waals surface area contributed by atoms with Crippen molar-refractivity contribution >= 4 is 5.97 Å². The zero-order valence-corrected chi connectivity index (χ0v) is 27.0. The minimum Gasteiger partial charge on any atom is -0.367 e. The molecule has 0 fully saturated rings. The number of unbranched alkanes of at least 4 members (excludes halogenated alkanes) is 1. The van der Waals surface area contributed by atoms with Crippen LogP contribution in [0.15, 0.2) is 0 Å². The van der Waals surface area contributed by atoms with Gasteiger partial charge >= 0.3 is 5.97 Å². The van der Waals surface area contributed by atoms with E-state index in [9.17, 15) is 4.79 Å². The molecule has 1 unspecified atom stereocenters. The molecular formula is C26H60N8O2. The maximum absolute atomic E-state index is 14.6. The number of carbonyl (C=O) groups excluding carboxylic acids is 1. The summed E-state index contributed by atoms with van der Waals surface area (Å²) in [6, 6.07) is 0. The highest BCUT2D eigenvalue weighted by molar-refractivity contribution is 5.83. The summed E-state index contributed by atoms with van der Waals surface area (Å²) in [5, 5.41) is 1.51. The van der Waals surface area contributed by atoms with Crippen molar-refractivity contribution < 1.29 is 9.63 Å². The van der Waals surface area contributed by atoms with Crippen LogP contribution in [0.25, 0.3) is 0 Å². The lowest BCUT2D eigenvalue weighted by molar-refractivity contribution is -0.307. The molecule has 0 N–H and O–H groups in total. The van der Waals surface area contributed by atoms with Gasteiger partial charge in [-0.15, -0.1) is 5.06 Å². The number of nitrogens with zero attached hydrogens (tertiary/aromatic N) is 8. The zero-order valence-electron chi connectivity index (χ0n) is 27.0. The summed E-state index contributed by atoms with van der Waals surface area (Å²) >= 11 is 0. The smallest absolute Gasteiger partial charge is 0.348 e. The Morgan fingerprint density at radius 1 is 0.583 bits per heavy atom. The van der Waals surface area contributed by atoms with E-state index in [2.05, 4.69) is 133 Å². The van der Waals surface area contributed by atoms with Gasteiger partial charge in [0.1, 0.15) is 17.0 Å². The number of rotatable bonds is 15. The topological polar surface area (TPSA) is 52.2 Å². The molecule has 0 aliphatic carbocycles. The summed E-state index contributed by atoms with van der Waals surface area (Å²) in [5.74, 6) is -0.277. The monoisotopic (exact) mass is 516 g/mol. The Kier molecular flexibility index (Phi) is 12.5. The second kappa shape index (κ2) is 12.8. The maximum Gasteiger partial charge on any atom is 0.348 e. The van der Waals surface area contributed by atoms with Crippen LogP contribution in [0.1, 0.15) is 33.1 Å². The molecule has 0 heterocycles. The van der Waals surface area contributed by atoms with Crippen LogP contribution in [0.4, 0.5) is 0 Å². The van der Waals surface area contributed by atoms with E-state index in [1.807, 2.05) is 14.1 Å². The lowest BCUT2D eigenvalue weighted by Gasteiger charge is -2.74. The molecule has 0 saturated heterocycles. The van der Waals surface area contributed by atoms with Gasteiger partial charge in [0.2, 0.25) is 0 Å². The fourth-order valence-corrected chi connectivity index (χ4v) is 7.09. The molecule has 1 atom stereocenters. The van der Waals surface area contributed by atoms with Crippen LogP contribution in [0.2, 0.25) is 0 Å². The van der Waals surface area contributed by atoms with Crippen LogP contribution in [0, 0.1) is 0 Å². The molecule has 0 saturated carbocycles. The van der Waals surface area contributed by atoms with E-state index in [0.29, 0.717) is 6.42 Å². The Hall–Kier alpha value is -0.850. The molecule has 10 nitrogen and oxygen atoms in total. The Labute approximate surface area is 223 Å². The van der Waals surface area contributed by atoms with E-state index in [4.69, 9.17) is 4.84 Å². The molecule has 36 heavy (non-hydrogen) atoms. The van der Waals surface area contributed by atoms with E-state index >= 15 is 0 Å². The molecule has 0 amide bonds. The van der Waals surface area contributed by atoms with Crippen molar-refractivity contribution in [2.24, 2.45) is 0 Å². The number of likely N-dealkylation sites (N-methyl/N-ethyl adjacent to an activating group) is 7. The largest absolute Gasteiger partial charge is 0.367 e. The number of hydrogen-bond acceptors (Lipinski definition) is 10. The molecule has 0 aromatic rings. The zero-order chi connectivity index (χ0) is 29.0. The van der Waals surface area contributed by atoms with Crippen LogP contribution in [0.3, 0.4) is 0 Å². The van der Waals surface area contributed by atoms with E-state index < -0.39 is 22.5 Å². The molecule has 0 rings (SSSR count). The van der Waals surface area contributed by atoms with Gasteiger partial charge in [0.25, 0.3) is 0 Å². The Morgan fingerprint density at radius 2 is 0.944 bits per heavy atom. The van der Waals surface area contributed by atoms with Crippen molar-refractivity contribution in [1.29, 1.82) is 0 Å². The third-order valence-electron chi connectivity index (χ3n) is 8.31. The molecule has 0 aliphatic heterocycles. The summed E-state index contributed by atoms with van der Waals surface area (Å²) in [5.41, 5.74) is -3.42. The Bertz CT molecular complexity index is 667. The maximum atomic E-state index is 14.6.